The molecule has 0 spiro atoms. The molecule has 1 aliphatic heterocycles. The van der Waals surface area contributed by atoms with Crippen molar-refractivity contribution in [3.8, 4) is 0 Å². The van der Waals surface area contributed by atoms with Gasteiger partial charge in [0.15, 0.2) is 0 Å². The van der Waals surface area contributed by atoms with Crippen molar-refractivity contribution in [1.29, 1.82) is 0 Å². The van der Waals surface area contributed by atoms with E-state index in [-0.39, 0.29) is 11.1 Å². The molecule has 0 bridgehead atoms. The molecule has 84 valence electrons. The van der Waals surface area contributed by atoms with E-state index in [0.29, 0.717) is 0 Å². The van der Waals surface area contributed by atoms with Crippen LogP contribution in [0.1, 0.15) is 20.7 Å². The zero-order valence-corrected chi connectivity index (χ0v) is 8.39. The van der Waals surface area contributed by atoms with Gasteiger partial charge in [-0.1, -0.05) is 12.1 Å². The van der Waals surface area contributed by atoms with E-state index in [2.05, 4.69) is 0 Å². The SMILES string of the molecule is O=C1c2ccccc2C(=O)N1CC(F)CO. The van der Waals surface area contributed by atoms with Crippen LogP contribution in [-0.2, 0) is 0 Å². The molecule has 0 saturated heterocycles. The second-order valence-corrected chi connectivity index (χ2v) is 3.55. The molecule has 0 fully saturated rings. The fourth-order valence-electron chi connectivity index (χ4n) is 1.66. The molecule has 0 saturated carbocycles. The van der Waals surface area contributed by atoms with Crippen molar-refractivity contribution in [2.45, 2.75) is 6.17 Å². The fourth-order valence-corrected chi connectivity index (χ4v) is 1.66. The van der Waals surface area contributed by atoms with Gasteiger partial charge in [-0.25, -0.2) is 4.39 Å². The van der Waals surface area contributed by atoms with Crippen LogP contribution in [0, 0.1) is 0 Å². The number of carbonyl (C=O) groups is 2. The number of amides is 2. The monoisotopic (exact) mass is 223 g/mol. The molecule has 1 heterocycles. The zero-order chi connectivity index (χ0) is 11.7. The minimum atomic E-state index is -1.60. The number of hydrogen-bond donors (Lipinski definition) is 1. The highest BCUT2D eigenvalue weighted by molar-refractivity contribution is 6.21. The Morgan fingerprint density at radius 3 is 2.12 bits per heavy atom. The van der Waals surface area contributed by atoms with E-state index in [1.54, 1.807) is 12.1 Å². The van der Waals surface area contributed by atoms with Gasteiger partial charge in [0.05, 0.1) is 24.3 Å². The van der Waals surface area contributed by atoms with Gasteiger partial charge in [-0.05, 0) is 12.1 Å². The normalized spacial score (nSPS) is 16.5. The third-order valence-electron chi connectivity index (χ3n) is 2.46. The molecule has 1 aliphatic rings. The van der Waals surface area contributed by atoms with Gasteiger partial charge in [0.2, 0.25) is 0 Å². The Morgan fingerprint density at radius 1 is 1.19 bits per heavy atom. The number of hydrogen-bond acceptors (Lipinski definition) is 3. The van der Waals surface area contributed by atoms with Gasteiger partial charge in [0.25, 0.3) is 11.8 Å². The van der Waals surface area contributed by atoms with Gasteiger partial charge < -0.3 is 5.11 Å². The van der Waals surface area contributed by atoms with Crippen LogP contribution < -0.4 is 0 Å². The Kier molecular flexibility index (Phi) is 2.70. The molecule has 2 amide bonds. The lowest BCUT2D eigenvalue weighted by atomic mass is 10.1. The van der Waals surface area contributed by atoms with Crippen molar-refractivity contribution < 1.29 is 19.1 Å². The van der Waals surface area contributed by atoms with Crippen molar-refractivity contribution in [1.82, 2.24) is 4.90 Å². The van der Waals surface area contributed by atoms with Crippen molar-refractivity contribution in [3.63, 3.8) is 0 Å². The highest BCUT2D eigenvalue weighted by Gasteiger charge is 2.36. The summed E-state index contributed by atoms with van der Waals surface area (Å²) in [6.45, 7) is -1.10. The molecule has 0 aliphatic carbocycles. The average Bonchev–Trinajstić information content (AvgIpc) is 2.55. The first kappa shape index (κ1) is 10.8. The maximum Gasteiger partial charge on any atom is 0.261 e. The topological polar surface area (TPSA) is 57.6 Å². The number of rotatable bonds is 3. The number of aliphatic hydroxyl groups is 1. The lowest BCUT2D eigenvalue weighted by Crippen LogP contribution is -2.36. The summed E-state index contributed by atoms with van der Waals surface area (Å²) in [5, 5.41) is 8.56. The molecule has 0 radical (unpaired) electrons. The summed E-state index contributed by atoms with van der Waals surface area (Å²) in [6.07, 6.45) is -1.60. The van der Waals surface area contributed by atoms with Crippen LogP contribution >= 0.6 is 0 Å². The molecular weight excluding hydrogens is 213 g/mol. The van der Waals surface area contributed by atoms with E-state index in [1.807, 2.05) is 0 Å². The molecule has 5 heteroatoms. The first-order valence-corrected chi connectivity index (χ1v) is 4.85. The van der Waals surface area contributed by atoms with E-state index >= 15 is 0 Å². The van der Waals surface area contributed by atoms with Gasteiger partial charge in [0.1, 0.15) is 6.17 Å². The van der Waals surface area contributed by atoms with Crippen LogP contribution in [0.4, 0.5) is 4.39 Å². The van der Waals surface area contributed by atoms with E-state index in [4.69, 9.17) is 5.11 Å². The van der Waals surface area contributed by atoms with Crippen molar-refractivity contribution in [3.05, 3.63) is 35.4 Å². The summed E-state index contributed by atoms with van der Waals surface area (Å²) < 4.78 is 13.0. The van der Waals surface area contributed by atoms with Crippen LogP contribution in [0.3, 0.4) is 0 Å². The van der Waals surface area contributed by atoms with Crippen LogP contribution in [0.25, 0.3) is 0 Å². The van der Waals surface area contributed by atoms with E-state index in [1.165, 1.54) is 12.1 Å². The molecule has 0 aromatic heterocycles. The van der Waals surface area contributed by atoms with Crippen molar-refractivity contribution >= 4 is 11.8 Å². The summed E-state index contributed by atoms with van der Waals surface area (Å²) in [6, 6.07) is 6.35. The maximum atomic E-state index is 13.0. The standard InChI is InChI=1S/C11H10FNO3/c12-7(6-14)5-13-10(15)8-3-1-2-4-9(8)11(13)16/h1-4,7,14H,5-6H2. The predicted molar refractivity (Wildman–Crippen MR) is 53.8 cm³/mol. The zero-order valence-electron chi connectivity index (χ0n) is 8.39. The molecule has 2 rings (SSSR count). The summed E-state index contributed by atoms with van der Waals surface area (Å²) in [5.41, 5.74) is 0.579. The number of alkyl halides is 1. The number of imide groups is 1. The van der Waals surface area contributed by atoms with Crippen LogP contribution in [0.15, 0.2) is 24.3 Å². The molecule has 16 heavy (non-hydrogen) atoms. The minimum absolute atomic E-state index is 0.289. The van der Waals surface area contributed by atoms with Gasteiger partial charge in [-0.15, -0.1) is 0 Å². The first-order valence-electron chi connectivity index (χ1n) is 4.85. The molecule has 1 atom stereocenters. The summed E-state index contributed by atoms with van der Waals surface area (Å²) in [5.74, 6) is -1.01. The largest absolute Gasteiger partial charge is 0.393 e. The summed E-state index contributed by atoms with van der Waals surface area (Å²) in [4.78, 5) is 24.3. The second-order valence-electron chi connectivity index (χ2n) is 3.55. The number of fused-ring (bicyclic) bond motifs is 1. The van der Waals surface area contributed by atoms with Gasteiger partial charge in [-0.3, -0.25) is 14.5 Å². The number of aliphatic hydroxyl groups excluding tert-OH is 1. The Morgan fingerprint density at radius 2 is 1.69 bits per heavy atom. The van der Waals surface area contributed by atoms with Gasteiger partial charge in [-0.2, -0.15) is 0 Å². The lowest BCUT2D eigenvalue weighted by molar-refractivity contribution is 0.0576. The minimum Gasteiger partial charge on any atom is -0.393 e. The molecule has 1 aromatic rings. The highest BCUT2D eigenvalue weighted by atomic mass is 19.1. The number of benzene rings is 1. The van der Waals surface area contributed by atoms with Crippen LogP contribution in [-0.4, -0.2) is 41.1 Å². The third-order valence-corrected chi connectivity index (χ3v) is 2.46. The van der Waals surface area contributed by atoms with Gasteiger partial charge in [0, 0.05) is 0 Å². The molecule has 1 N–H and O–H groups in total. The molecule has 1 aromatic carbocycles. The van der Waals surface area contributed by atoms with E-state index in [9.17, 15) is 14.0 Å². The maximum absolute atomic E-state index is 13.0. The van der Waals surface area contributed by atoms with E-state index in [0.717, 1.165) is 4.90 Å². The predicted octanol–water partition coefficient (Wildman–Crippen LogP) is 0.613. The summed E-state index contributed by atoms with van der Waals surface area (Å²) >= 11 is 0. The van der Waals surface area contributed by atoms with Crippen LogP contribution in [0.5, 0.6) is 0 Å². The Hall–Kier alpha value is -1.75. The highest BCUT2D eigenvalue weighted by Crippen LogP contribution is 2.22. The van der Waals surface area contributed by atoms with Gasteiger partial charge >= 0.3 is 0 Å². The second kappa shape index (κ2) is 4.02. The fraction of sp³-hybridized carbons (Fsp3) is 0.273. The van der Waals surface area contributed by atoms with E-state index < -0.39 is 31.1 Å². The van der Waals surface area contributed by atoms with Crippen molar-refractivity contribution in [2.75, 3.05) is 13.2 Å². The third kappa shape index (κ3) is 1.59. The average molecular weight is 223 g/mol. The smallest absolute Gasteiger partial charge is 0.261 e. The quantitative estimate of drug-likeness (QED) is 0.764. The number of carbonyl (C=O) groups excluding carboxylic acids is 2. The number of halogens is 1. The first-order chi connectivity index (χ1) is 7.65. The van der Waals surface area contributed by atoms with Crippen molar-refractivity contribution in [2.24, 2.45) is 0 Å². The summed E-state index contributed by atoms with van der Waals surface area (Å²) in [7, 11) is 0. The molecule has 4 nitrogen and oxygen atoms in total. The Labute approximate surface area is 91.3 Å². The van der Waals surface area contributed by atoms with Crippen LogP contribution in [0.2, 0.25) is 0 Å². The molecular formula is C11H10FNO3. The Balaban J connectivity index is 2.28. The molecule has 1 unspecified atom stereocenters. The number of nitrogens with zero attached hydrogens (tertiary/aromatic N) is 1. The lowest BCUT2D eigenvalue weighted by Gasteiger charge is -2.15. The Bertz CT molecular complexity index is 412.